The first-order valence-corrected chi connectivity index (χ1v) is 6.49. The van der Waals surface area contributed by atoms with Gasteiger partial charge >= 0.3 is 0 Å². The fourth-order valence-electron chi connectivity index (χ4n) is 2.09. The molecule has 106 valence electrons. The summed E-state index contributed by atoms with van der Waals surface area (Å²) < 4.78 is 16.5. The highest BCUT2D eigenvalue weighted by Crippen LogP contribution is 2.31. The number of likely N-dealkylation sites (N-methyl/N-ethyl adjacent to an activating group) is 1. The van der Waals surface area contributed by atoms with Crippen LogP contribution in [0.15, 0.2) is 18.2 Å². The zero-order chi connectivity index (χ0) is 13.7. The lowest BCUT2D eigenvalue weighted by Gasteiger charge is -2.17. The van der Waals surface area contributed by atoms with Crippen LogP contribution >= 0.6 is 0 Å². The van der Waals surface area contributed by atoms with Crippen molar-refractivity contribution in [1.29, 1.82) is 0 Å². The van der Waals surface area contributed by atoms with Crippen LogP contribution in [0.2, 0.25) is 0 Å². The lowest BCUT2D eigenvalue weighted by Crippen LogP contribution is -2.18. The van der Waals surface area contributed by atoms with Gasteiger partial charge in [0.05, 0.1) is 26.4 Å². The van der Waals surface area contributed by atoms with E-state index in [1.165, 1.54) is 0 Å². The summed E-state index contributed by atoms with van der Waals surface area (Å²) in [5.41, 5.74) is 0.807. The fraction of sp³-hybridized carbons (Fsp3) is 0.571. The minimum Gasteiger partial charge on any atom is -0.493 e. The standard InChI is InChI=1S/C14H21NO4/c1-15-8-12(16)10-3-4-13(14(7-10)17-2)19-11-5-6-18-9-11/h3-4,7,11-12,15-16H,5-6,8-9H2,1-2H3. The summed E-state index contributed by atoms with van der Waals surface area (Å²) in [5, 5.41) is 12.9. The van der Waals surface area contributed by atoms with E-state index in [1.54, 1.807) is 14.2 Å². The summed E-state index contributed by atoms with van der Waals surface area (Å²) >= 11 is 0. The fourth-order valence-corrected chi connectivity index (χ4v) is 2.09. The van der Waals surface area contributed by atoms with Crippen molar-refractivity contribution in [3.8, 4) is 11.5 Å². The van der Waals surface area contributed by atoms with Crippen molar-refractivity contribution >= 4 is 0 Å². The number of benzene rings is 1. The van der Waals surface area contributed by atoms with Gasteiger partial charge in [0, 0.05) is 13.0 Å². The Balaban J connectivity index is 2.11. The monoisotopic (exact) mass is 267 g/mol. The van der Waals surface area contributed by atoms with Gasteiger partial charge in [-0.15, -0.1) is 0 Å². The lowest BCUT2D eigenvalue weighted by molar-refractivity contribution is 0.138. The number of ether oxygens (including phenoxy) is 3. The van der Waals surface area contributed by atoms with Gasteiger partial charge in [-0.1, -0.05) is 6.07 Å². The molecule has 19 heavy (non-hydrogen) atoms. The molecule has 0 amide bonds. The van der Waals surface area contributed by atoms with Crippen molar-refractivity contribution in [2.45, 2.75) is 18.6 Å². The third-order valence-corrected chi connectivity index (χ3v) is 3.15. The van der Waals surface area contributed by atoms with Crippen molar-refractivity contribution < 1.29 is 19.3 Å². The molecule has 0 aromatic heterocycles. The van der Waals surface area contributed by atoms with Gasteiger partial charge in [-0.3, -0.25) is 0 Å². The Hall–Kier alpha value is -1.30. The van der Waals surface area contributed by atoms with E-state index >= 15 is 0 Å². The van der Waals surface area contributed by atoms with Gasteiger partial charge in [-0.05, 0) is 24.7 Å². The Morgan fingerprint density at radius 2 is 2.32 bits per heavy atom. The van der Waals surface area contributed by atoms with E-state index in [-0.39, 0.29) is 6.10 Å². The summed E-state index contributed by atoms with van der Waals surface area (Å²) in [6.07, 6.45) is 0.428. The first-order chi connectivity index (χ1) is 9.24. The van der Waals surface area contributed by atoms with Gasteiger partial charge in [-0.25, -0.2) is 0 Å². The SMILES string of the molecule is CNCC(O)c1ccc(OC2CCOC2)c(OC)c1. The van der Waals surface area contributed by atoms with Crippen LogP contribution in [0.1, 0.15) is 18.1 Å². The van der Waals surface area contributed by atoms with E-state index in [1.807, 2.05) is 18.2 Å². The maximum Gasteiger partial charge on any atom is 0.161 e. The van der Waals surface area contributed by atoms with E-state index in [4.69, 9.17) is 14.2 Å². The van der Waals surface area contributed by atoms with Gasteiger partial charge < -0.3 is 24.6 Å². The summed E-state index contributed by atoms with van der Waals surface area (Å²) in [7, 11) is 3.40. The predicted octanol–water partition coefficient (Wildman–Crippen LogP) is 1.12. The van der Waals surface area contributed by atoms with Crippen LogP contribution < -0.4 is 14.8 Å². The van der Waals surface area contributed by atoms with E-state index in [9.17, 15) is 5.11 Å². The highest BCUT2D eigenvalue weighted by molar-refractivity contribution is 5.43. The third kappa shape index (κ3) is 3.59. The van der Waals surface area contributed by atoms with Gasteiger partial charge in [0.1, 0.15) is 6.10 Å². The molecule has 2 N–H and O–H groups in total. The molecule has 1 aliphatic heterocycles. The van der Waals surface area contributed by atoms with Crippen LogP contribution in [0, 0.1) is 0 Å². The van der Waals surface area contributed by atoms with E-state index in [0.717, 1.165) is 18.6 Å². The second-order valence-corrected chi connectivity index (χ2v) is 4.59. The van der Waals surface area contributed by atoms with Crippen LogP contribution in [-0.2, 0) is 4.74 Å². The number of aliphatic hydroxyl groups excluding tert-OH is 1. The molecule has 5 nitrogen and oxygen atoms in total. The minimum atomic E-state index is -0.553. The molecule has 5 heteroatoms. The van der Waals surface area contributed by atoms with Crippen LogP contribution in [0.25, 0.3) is 0 Å². The topological polar surface area (TPSA) is 60.0 Å². The highest BCUT2D eigenvalue weighted by Gasteiger charge is 2.19. The van der Waals surface area contributed by atoms with Crippen molar-refractivity contribution in [2.24, 2.45) is 0 Å². The number of aliphatic hydroxyl groups is 1. The number of rotatable bonds is 6. The average molecular weight is 267 g/mol. The Kier molecular flexibility index (Phi) is 5.01. The molecule has 1 saturated heterocycles. The molecular formula is C14H21NO4. The molecule has 2 rings (SSSR count). The van der Waals surface area contributed by atoms with Crippen LogP contribution in [0.3, 0.4) is 0 Å². The van der Waals surface area contributed by atoms with Gasteiger partial charge in [0.2, 0.25) is 0 Å². The lowest BCUT2D eigenvalue weighted by atomic mass is 10.1. The first kappa shape index (κ1) is 14.1. The van der Waals surface area contributed by atoms with Gasteiger partial charge in [0.25, 0.3) is 0 Å². The van der Waals surface area contributed by atoms with Crippen molar-refractivity contribution in [3.63, 3.8) is 0 Å². The predicted molar refractivity (Wildman–Crippen MR) is 71.7 cm³/mol. The first-order valence-electron chi connectivity index (χ1n) is 6.49. The minimum absolute atomic E-state index is 0.0852. The molecule has 0 radical (unpaired) electrons. The molecule has 1 aromatic rings. The summed E-state index contributed by atoms with van der Waals surface area (Å²) in [4.78, 5) is 0. The normalized spacial score (nSPS) is 20.3. The molecule has 1 aliphatic rings. The van der Waals surface area contributed by atoms with Gasteiger partial charge in [0.15, 0.2) is 11.5 Å². The zero-order valence-corrected chi connectivity index (χ0v) is 11.4. The van der Waals surface area contributed by atoms with Crippen molar-refractivity contribution in [3.05, 3.63) is 23.8 Å². The number of nitrogens with one attached hydrogen (secondary N) is 1. The van der Waals surface area contributed by atoms with Crippen molar-refractivity contribution in [2.75, 3.05) is 33.9 Å². The molecule has 1 aromatic carbocycles. The molecule has 2 atom stereocenters. The van der Waals surface area contributed by atoms with Crippen LogP contribution in [0.4, 0.5) is 0 Å². The Bertz CT molecular complexity index is 404. The summed E-state index contributed by atoms with van der Waals surface area (Å²) in [6, 6.07) is 5.51. The Morgan fingerprint density at radius 3 is 2.95 bits per heavy atom. The van der Waals surface area contributed by atoms with Crippen LogP contribution in [-0.4, -0.2) is 45.1 Å². The van der Waals surface area contributed by atoms with Gasteiger partial charge in [-0.2, -0.15) is 0 Å². The molecule has 0 aliphatic carbocycles. The van der Waals surface area contributed by atoms with Crippen LogP contribution in [0.5, 0.6) is 11.5 Å². The molecule has 1 heterocycles. The quantitative estimate of drug-likeness (QED) is 0.808. The Morgan fingerprint density at radius 1 is 1.47 bits per heavy atom. The molecule has 0 saturated carbocycles. The van der Waals surface area contributed by atoms with E-state index < -0.39 is 6.10 Å². The second-order valence-electron chi connectivity index (χ2n) is 4.59. The number of hydrogen-bond donors (Lipinski definition) is 2. The number of methoxy groups -OCH3 is 1. The molecule has 0 bridgehead atoms. The smallest absolute Gasteiger partial charge is 0.161 e. The second kappa shape index (κ2) is 6.75. The third-order valence-electron chi connectivity index (χ3n) is 3.15. The maximum atomic E-state index is 9.94. The largest absolute Gasteiger partial charge is 0.493 e. The summed E-state index contributed by atoms with van der Waals surface area (Å²) in [6.45, 7) is 1.86. The number of hydrogen-bond acceptors (Lipinski definition) is 5. The van der Waals surface area contributed by atoms with E-state index in [2.05, 4.69) is 5.32 Å². The molecule has 0 spiro atoms. The maximum absolute atomic E-state index is 9.94. The van der Waals surface area contributed by atoms with Crippen molar-refractivity contribution in [1.82, 2.24) is 5.32 Å². The molecular weight excluding hydrogens is 246 g/mol. The Labute approximate surface area is 113 Å². The molecule has 2 unspecified atom stereocenters. The average Bonchev–Trinajstić information content (AvgIpc) is 2.92. The zero-order valence-electron chi connectivity index (χ0n) is 11.4. The summed E-state index contributed by atoms with van der Waals surface area (Å²) in [5.74, 6) is 1.33. The highest BCUT2D eigenvalue weighted by atomic mass is 16.6. The van der Waals surface area contributed by atoms with E-state index in [0.29, 0.717) is 24.7 Å². The molecule has 1 fully saturated rings.